The summed E-state index contributed by atoms with van der Waals surface area (Å²) in [7, 11) is 0. The number of rotatable bonds is 5. The van der Waals surface area contributed by atoms with Gasteiger partial charge in [-0.15, -0.1) is 0 Å². The lowest BCUT2D eigenvalue weighted by Crippen LogP contribution is -2.29. The van der Waals surface area contributed by atoms with E-state index >= 15 is 0 Å². The van der Waals surface area contributed by atoms with Crippen molar-refractivity contribution in [3.05, 3.63) is 83.7 Å². The number of aromatic nitrogens is 4. The average Bonchev–Trinajstić information content (AvgIpc) is 3.08. The van der Waals surface area contributed by atoms with Crippen LogP contribution < -0.4 is 0 Å². The van der Waals surface area contributed by atoms with Crippen LogP contribution in [0.15, 0.2) is 67.5 Å². The van der Waals surface area contributed by atoms with Gasteiger partial charge in [0.2, 0.25) is 0 Å². The van der Waals surface area contributed by atoms with Crippen LogP contribution in [0.25, 0.3) is 6.08 Å². The Kier molecular flexibility index (Phi) is 4.50. The third-order valence-electron chi connectivity index (χ3n) is 3.47. The third-order valence-corrected chi connectivity index (χ3v) is 3.72. The first kappa shape index (κ1) is 15.4. The molecule has 0 unspecified atom stereocenters. The molecule has 0 bridgehead atoms. The van der Waals surface area contributed by atoms with E-state index in [2.05, 4.69) is 15.1 Å². The molecule has 6 heteroatoms. The molecule has 1 N–H and O–H groups in total. The number of halogens is 1. The van der Waals surface area contributed by atoms with E-state index in [1.54, 1.807) is 41.6 Å². The maximum atomic E-state index is 11.1. The minimum atomic E-state index is -1.23. The van der Waals surface area contributed by atoms with Crippen molar-refractivity contribution >= 4 is 17.7 Å². The minimum Gasteiger partial charge on any atom is -0.379 e. The summed E-state index contributed by atoms with van der Waals surface area (Å²) in [6.07, 6.45) is 9.91. The Morgan fingerprint density at radius 2 is 1.83 bits per heavy atom. The van der Waals surface area contributed by atoms with E-state index in [0.717, 1.165) is 11.1 Å². The van der Waals surface area contributed by atoms with Crippen molar-refractivity contribution in [2.24, 2.45) is 0 Å². The molecule has 0 aliphatic carbocycles. The van der Waals surface area contributed by atoms with Gasteiger partial charge in [-0.3, -0.25) is 4.98 Å². The average molecular weight is 327 g/mol. The van der Waals surface area contributed by atoms with Crippen LogP contribution in [0.3, 0.4) is 0 Å². The molecule has 0 amide bonds. The van der Waals surface area contributed by atoms with Gasteiger partial charge in [-0.25, -0.2) is 9.67 Å². The van der Waals surface area contributed by atoms with Crippen LogP contribution >= 0.6 is 11.6 Å². The minimum absolute atomic E-state index is 0.251. The first-order chi connectivity index (χ1) is 11.2. The molecule has 116 valence electrons. The third kappa shape index (κ3) is 3.83. The van der Waals surface area contributed by atoms with Gasteiger partial charge in [0, 0.05) is 17.4 Å². The lowest BCUT2D eigenvalue weighted by atomic mass is 9.93. The molecule has 0 fully saturated rings. The van der Waals surface area contributed by atoms with E-state index in [9.17, 15) is 5.11 Å². The molecule has 0 aliphatic heterocycles. The summed E-state index contributed by atoms with van der Waals surface area (Å²) in [4.78, 5) is 7.92. The van der Waals surface area contributed by atoms with E-state index in [1.165, 1.54) is 6.33 Å². The van der Waals surface area contributed by atoms with E-state index in [4.69, 9.17) is 11.6 Å². The van der Waals surface area contributed by atoms with Crippen molar-refractivity contribution in [1.29, 1.82) is 0 Å². The van der Waals surface area contributed by atoms with Gasteiger partial charge in [0.15, 0.2) is 0 Å². The van der Waals surface area contributed by atoms with Gasteiger partial charge < -0.3 is 5.11 Å². The molecule has 1 aromatic carbocycles. The van der Waals surface area contributed by atoms with E-state index in [-0.39, 0.29) is 6.54 Å². The molecule has 0 saturated heterocycles. The van der Waals surface area contributed by atoms with E-state index in [1.807, 2.05) is 30.3 Å². The van der Waals surface area contributed by atoms with Crippen molar-refractivity contribution < 1.29 is 5.11 Å². The van der Waals surface area contributed by atoms with Crippen LogP contribution in [0.2, 0.25) is 5.02 Å². The highest BCUT2D eigenvalue weighted by Crippen LogP contribution is 2.25. The number of nitrogens with zero attached hydrogens (tertiary/aromatic N) is 4. The molecule has 1 atom stereocenters. The quantitative estimate of drug-likeness (QED) is 0.783. The summed E-state index contributed by atoms with van der Waals surface area (Å²) in [6, 6.07) is 11.0. The predicted molar refractivity (Wildman–Crippen MR) is 88.6 cm³/mol. The highest BCUT2D eigenvalue weighted by atomic mass is 35.5. The Morgan fingerprint density at radius 3 is 2.48 bits per heavy atom. The second kappa shape index (κ2) is 6.73. The number of hydrogen-bond donors (Lipinski definition) is 1. The smallest absolute Gasteiger partial charge is 0.137 e. The van der Waals surface area contributed by atoms with Crippen LogP contribution in [0, 0.1) is 0 Å². The zero-order valence-electron chi connectivity index (χ0n) is 12.2. The fourth-order valence-electron chi connectivity index (χ4n) is 2.25. The van der Waals surface area contributed by atoms with Gasteiger partial charge in [0.1, 0.15) is 18.3 Å². The van der Waals surface area contributed by atoms with Crippen molar-refractivity contribution in [2.45, 2.75) is 12.1 Å². The highest BCUT2D eigenvalue weighted by Gasteiger charge is 2.27. The van der Waals surface area contributed by atoms with Gasteiger partial charge in [0.25, 0.3) is 0 Å². The molecule has 0 aliphatic rings. The summed E-state index contributed by atoms with van der Waals surface area (Å²) in [5, 5.41) is 15.9. The molecule has 5 nitrogen and oxygen atoms in total. The van der Waals surface area contributed by atoms with Crippen LogP contribution in [-0.4, -0.2) is 24.9 Å². The summed E-state index contributed by atoms with van der Waals surface area (Å²) in [6.45, 7) is 0.251. The van der Waals surface area contributed by atoms with Gasteiger partial charge >= 0.3 is 0 Å². The summed E-state index contributed by atoms with van der Waals surface area (Å²) < 4.78 is 1.59. The second-order valence-electron chi connectivity index (χ2n) is 5.14. The van der Waals surface area contributed by atoms with Crippen LogP contribution in [0.1, 0.15) is 11.1 Å². The van der Waals surface area contributed by atoms with Crippen molar-refractivity contribution in [3.63, 3.8) is 0 Å². The normalized spacial score (nSPS) is 14.0. The lowest BCUT2D eigenvalue weighted by Gasteiger charge is -2.25. The van der Waals surface area contributed by atoms with E-state index in [0.29, 0.717) is 5.02 Å². The Morgan fingerprint density at radius 1 is 1.09 bits per heavy atom. The molecule has 0 radical (unpaired) electrons. The van der Waals surface area contributed by atoms with Crippen molar-refractivity contribution in [3.8, 4) is 0 Å². The van der Waals surface area contributed by atoms with Gasteiger partial charge in [-0.2, -0.15) is 5.10 Å². The molecule has 3 aromatic rings. The number of pyridine rings is 1. The van der Waals surface area contributed by atoms with Crippen molar-refractivity contribution in [2.75, 3.05) is 0 Å². The van der Waals surface area contributed by atoms with Crippen LogP contribution in [-0.2, 0) is 12.1 Å². The summed E-state index contributed by atoms with van der Waals surface area (Å²) >= 11 is 5.89. The molecular formula is C17H15ClN4O. The fraction of sp³-hybridized carbons (Fsp3) is 0.118. The first-order valence-electron chi connectivity index (χ1n) is 7.06. The first-order valence-corrected chi connectivity index (χ1v) is 7.44. The zero-order chi connectivity index (χ0) is 16.1. The molecule has 3 rings (SSSR count). The Bertz CT molecular complexity index is 772. The molecule has 2 heterocycles. The topological polar surface area (TPSA) is 63.8 Å². The zero-order valence-corrected chi connectivity index (χ0v) is 13.0. The molecule has 0 saturated carbocycles. The number of benzene rings is 1. The maximum Gasteiger partial charge on any atom is 0.137 e. The Balaban J connectivity index is 1.93. The number of aliphatic hydroxyl groups is 1. The highest BCUT2D eigenvalue weighted by molar-refractivity contribution is 6.30. The molecular weight excluding hydrogens is 312 g/mol. The predicted octanol–water partition coefficient (Wildman–Crippen LogP) is 2.93. The van der Waals surface area contributed by atoms with E-state index < -0.39 is 5.60 Å². The maximum absolute atomic E-state index is 11.1. The van der Waals surface area contributed by atoms with Crippen LogP contribution in [0.4, 0.5) is 0 Å². The number of hydrogen-bond acceptors (Lipinski definition) is 4. The fourth-order valence-corrected chi connectivity index (χ4v) is 2.38. The van der Waals surface area contributed by atoms with Gasteiger partial charge in [-0.1, -0.05) is 29.8 Å². The lowest BCUT2D eigenvalue weighted by molar-refractivity contribution is 0.0663. The van der Waals surface area contributed by atoms with Crippen molar-refractivity contribution in [1.82, 2.24) is 19.7 Å². The molecule has 23 heavy (non-hydrogen) atoms. The van der Waals surface area contributed by atoms with Gasteiger partial charge in [0.05, 0.1) is 6.54 Å². The second-order valence-corrected chi connectivity index (χ2v) is 5.57. The van der Waals surface area contributed by atoms with Crippen LogP contribution in [0.5, 0.6) is 0 Å². The summed E-state index contributed by atoms with van der Waals surface area (Å²) in [5.74, 6) is 0. The molecule has 0 spiro atoms. The Labute approximate surface area is 138 Å². The largest absolute Gasteiger partial charge is 0.379 e. The van der Waals surface area contributed by atoms with Gasteiger partial charge in [-0.05, 0) is 41.5 Å². The Hall–Kier alpha value is -2.50. The SMILES string of the molecule is O[C@](/C=C/c1ccc(Cl)cc1)(Cn1cncn1)c1ccncc1. The molecule has 2 aromatic heterocycles. The standard InChI is InChI=1S/C17H15ClN4O/c18-16-3-1-14(2-4-16)5-8-17(23,11-22-13-20-12-21-22)15-6-9-19-10-7-15/h1-10,12-13,23H,11H2/b8-5+/t17-/m1/s1. The summed E-state index contributed by atoms with van der Waals surface area (Å²) in [5.41, 5.74) is 0.449. The monoisotopic (exact) mass is 326 g/mol.